The number of ether oxygens (including phenoxy) is 1. The van der Waals surface area contributed by atoms with Crippen LogP contribution in [0.4, 0.5) is 0 Å². The van der Waals surface area contributed by atoms with Gasteiger partial charge < -0.3 is 15.7 Å². The molecule has 2 rings (SSSR count). The topological polar surface area (TPSA) is 107 Å². The van der Waals surface area contributed by atoms with E-state index in [0.29, 0.717) is 18.7 Å². The molecule has 2 aromatic heterocycles. The maximum atomic E-state index is 8.56. The van der Waals surface area contributed by atoms with Crippen LogP contribution in [0.2, 0.25) is 0 Å². The molecule has 19 heavy (non-hydrogen) atoms. The van der Waals surface area contributed by atoms with Crippen LogP contribution in [0.1, 0.15) is 11.4 Å². The van der Waals surface area contributed by atoms with E-state index in [1.807, 2.05) is 18.2 Å². The number of hydrogen-bond acceptors (Lipinski definition) is 6. The van der Waals surface area contributed by atoms with Crippen molar-refractivity contribution in [2.24, 2.45) is 10.9 Å². The van der Waals surface area contributed by atoms with Gasteiger partial charge in [-0.05, 0) is 18.2 Å². The minimum atomic E-state index is -0.0861. The zero-order chi connectivity index (χ0) is 13.5. The molecular formula is C12H13N5O2. The predicted octanol–water partition coefficient (Wildman–Crippen LogP) is 0.588. The Morgan fingerprint density at radius 3 is 2.89 bits per heavy atom. The highest BCUT2D eigenvalue weighted by atomic mass is 16.5. The molecular weight excluding hydrogens is 246 g/mol. The summed E-state index contributed by atoms with van der Waals surface area (Å²) < 4.78 is 5.39. The highest BCUT2D eigenvalue weighted by Gasteiger charge is 2.04. The molecule has 0 spiro atoms. The summed E-state index contributed by atoms with van der Waals surface area (Å²) in [4.78, 5) is 12.1. The van der Waals surface area contributed by atoms with Crippen molar-refractivity contribution in [2.75, 3.05) is 6.61 Å². The Morgan fingerprint density at radius 1 is 1.26 bits per heavy atom. The average Bonchev–Trinajstić information content (AvgIpc) is 2.48. The fourth-order valence-electron chi connectivity index (χ4n) is 1.40. The van der Waals surface area contributed by atoms with Gasteiger partial charge in [-0.25, -0.2) is 4.98 Å². The van der Waals surface area contributed by atoms with Crippen LogP contribution in [0.25, 0.3) is 0 Å². The SMILES string of the molecule is N/C(=N/O)c1ccnc(OCCc2ccccn2)n1. The lowest BCUT2D eigenvalue weighted by atomic mass is 10.3. The van der Waals surface area contributed by atoms with Crippen molar-refractivity contribution in [1.29, 1.82) is 0 Å². The summed E-state index contributed by atoms with van der Waals surface area (Å²) in [5, 5.41) is 11.4. The number of aromatic nitrogens is 3. The van der Waals surface area contributed by atoms with E-state index in [2.05, 4.69) is 20.1 Å². The molecule has 0 radical (unpaired) electrons. The fourth-order valence-corrected chi connectivity index (χ4v) is 1.40. The van der Waals surface area contributed by atoms with Crippen molar-refractivity contribution in [3.8, 4) is 6.01 Å². The Labute approximate surface area is 109 Å². The zero-order valence-electron chi connectivity index (χ0n) is 10.1. The molecule has 7 nitrogen and oxygen atoms in total. The van der Waals surface area contributed by atoms with E-state index >= 15 is 0 Å². The molecule has 98 valence electrons. The first kappa shape index (κ1) is 12.7. The highest BCUT2D eigenvalue weighted by Crippen LogP contribution is 2.04. The first-order valence-electron chi connectivity index (χ1n) is 5.63. The van der Waals surface area contributed by atoms with Gasteiger partial charge >= 0.3 is 6.01 Å². The van der Waals surface area contributed by atoms with E-state index in [4.69, 9.17) is 15.7 Å². The lowest BCUT2D eigenvalue weighted by Gasteiger charge is -2.05. The number of pyridine rings is 1. The van der Waals surface area contributed by atoms with E-state index in [1.165, 1.54) is 12.3 Å². The molecule has 0 aliphatic rings. The molecule has 0 aliphatic carbocycles. The normalized spacial score (nSPS) is 11.3. The first-order chi connectivity index (χ1) is 9.29. The Bertz CT molecular complexity index is 559. The zero-order valence-corrected chi connectivity index (χ0v) is 10.1. The van der Waals surface area contributed by atoms with Crippen LogP contribution >= 0.6 is 0 Å². The van der Waals surface area contributed by atoms with Crippen molar-refractivity contribution in [3.63, 3.8) is 0 Å². The van der Waals surface area contributed by atoms with Crippen LogP contribution in [-0.2, 0) is 6.42 Å². The lowest BCUT2D eigenvalue weighted by Crippen LogP contribution is -2.16. The number of nitrogens with zero attached hydrogens (tertiary/aromatic N) is 4. The van der Waals surface area contributed by atoms with E-state index in [1.54, 1.807) is 6.20 Å². The summed E-state index contributed by atoms with van der Waals surface area (Å²) in [6.07, 6.45) is 3.86. The van der Waals surface area contributed by atoms with Crippen LogP contribution in [0, 0.1) is 0 Å². The second kappa shape index (κ2) is 6.29. The van der Waals surface area contributed by atoms with E-state index in [0.717, 1.165) is 5.69 Å². The molecule has 0 saturated heterocycles. The van der Waals surface area contributed by atoms with Crippen molar-refractivity contribution in [2.45, 2.75) is 6.42 Å². The van der Waals surface area contributed by atoms with Crippen LogP contribution in [-0.4, -0.2) is 32.6 Å². The van der Waals surface area contributed by atoms with E-state index in [-0.39, 0.29) is 11.8 Å². The molecule has 0 aromatic carbocycles. The maximum absolute atomic E-state index is 8.56. The van der Waals surface area contributed by atoms with Gasteiger partial charge in [0.2, 0.25) is 0 Å². The summed E-state index contributed by atoms with van der Waals surface area (Å²) in [6, 6.07) is 7.39. The van der Waals surface area contributed by atoms with Crippen molar-refractivity contribution in [1.82, 2.24) is 15.0 Å². The van der Waals surface area contributed by atoms with Gasteiger partial charge in [0, 0.05) is 24.5 Å². The molecule has 0 amide bonds. The summed E-state index contributed by atoms with van der Waals surface area (Å²) in [5.41, 5.74) is 6.66. The Hall–Kier alpha value is -2.70. The van der Waals surface area contributed by atoms with Gasteiger partial charge in [-0.2, -0.15) is 4.98 Å². The van der Waals surface area contributed by atoms with Gasteiger partial charge in [-0.3, -0.25) is 4.98 Å². The number of nitrogens with two attached hydrogens (primary N) is 1. The molecule has 0 aliphatic heterocycles. The summed E-state index contributed by atoms with van der Waals surface area (Å²) in [6.45, 7) is 0.399. The summed E-state index contributed by atoms with van der Waals surface area (Å²) >= 11 is 0. The van der Waals surface area contributed by atoms with Crippen molar-refractivity contribution >= 4 is 5.84 Å². The quantitative estimate of drug-likeness (QED) is 0.352. The second-order valence-corrected chi connectivity index (χ2v) is 3.63. The van der Waals surface area contributed by atoms with Crippen molar-refractivity contribution < 1.29 is 9.94 Å². The van der Waals surface area contributed by atoms with Crippen LogP contribution < -0.4 is 10.5 Å². The molecule has 0 atom stereocenters. The summed E-state index contributed by atoms with van der Waals surface area (Å²) in [7, 11) is 0. The molecule has 2 heterocycles. The Kier molecular flexibility index (Phi) is 4.22. The largest absolute Gasteiger partial charge is 0.463 e. The fraction of sp³-hybridized carbons (Fsp3) is 0.167. The van der Waals surface area contributed by atoms with Gasteiger partial charge in [-0.15, -0.1) is 0 Å². The van der Waals surface area contributed by atoms with Crippen molar-refractivity contribution in [3.05, 3.63) is 48.0 Å². The Morgan fingerprint density at radius 2 is 2.16 bits per heavy atom. The average molecular weight is 259 g/mol. The maximum Gasteiger partial charge on any atom is 0.317 e. The van der Waals surface area contributed by atoms with Gasteiger partial charge in [-0.1, -0.05) is 11.2 Å². The highest BCUT2D eigenvalue weighted by molar-refractivity contribution is 5.95. The van der Waals surface area contributed by atoms with Crippen LogP contribution in [0.5, 0.6) is 6.01 Å². The number of hydrogen-bond donors (Lipinski definition) is 2. The third-order valence-corrected chi connectivity index (χ3v) is 2.32. The van der Waals surface area contributed by atoms with Gasteiger partial charge in [0.05, 0.1) is 6.61 Å². The molecule has 2 aromatic rings. The predicted molar refractivity (Wildman–Crippen MR) is 68.0 cm³/mol. The number of amidine groups is 1. The third kappa shape index (κ3) is 3.63. The molecule has 0 fully saturated rings. The standard InChI is InChI=1S/C12H13N5O2/c13-11(17-18)10-4-7-15-12(16-10)19-8-5-9-3-1-2-6-14-9/h1-4,6-7,18H,5,8H2,(H2,13,17). The van der Waals surface area contributed by atoms with E-state index < -0.39 is 0 Å². The minimum absolute atomic E-state index is 0.0861. The monoisotopic (exact) mass is 259 g/mol. The Balaban J connectivity index is 1.93. The molecule has 7 heteroatoms. The number of rotatable bonds is 5. The molecule has 0 unspecified atom stereocenters. The molecule has 0 saturated carbocycles. The smallest absolute Gasteiger partial charge is 0.317 e. The van der Waals surface area contributed by atoms with Gasteiger partial charge in [0.15, 0.2) is 5.84 Å². The van der Waals surface area contributed by atoms with Crippen LogP contribution in [0.15, 0.2) is 41.8 Å². The van der Waals surface area contributed by atoms with Gasteiger partial charge in [0.25, 0.3) is 0 Å². The van der Waals surface area contributed by atoms with E-state index in [9.17, 15) is 0 Å². The second-order valence-electron chi connectivity index (χ2n) is 3.63. The van der Waals surface area contributed by atoms with Gasteiger partial charge in [0.1, 0.15) is 5.69 Å². The summed E-state index contributed by atoms with van der Waals surface area (Å²) in [5.74, 6) is -0.0861. The number of oxime groups is 1. The lowest BCUT2D eigenvalue weighted by molar-refractivity contribution is 0.294. The van der Waals surface area contributed by atoms with Crippen LogP contribution in [0.3, 0.4) is 0 Å². The first-order valence-corrected chi connectivity index (χ1v) is 5.63. The third-order valence-electron chi connectivity index (χ3n) is 2.32. The molecule has 0 bridgehead atoms. The molecule has 3 N–H and O–H groups in total. The minimum Gasteiger partial charge on any atom is -0.463 e.